The maximum absolute atomic E-state index is 11.2. The second-order valence-electron chi connectivity index (χ2n) is 4.82. The maximum atomic E-state index is 11.2. The Hall–Kier alpha value is -0.570. The lowest BCUT2D eigenvalue weighted by molar-refractivity contribution is -0.160. The van der Waals surface area contributed by atoms with Gasteiger partial charge >= 0.3 is 5.97 Å². The largest absolute Gasteiger partial charge is 0.458 e. The highest BCUT2D eigenvalue weighted by atomic mass is 16.6. The first kappa shape index (κ1) is 13.4. The number of hydrogen-bond donors (Lipinski definition) is 0. The standard InChI is InChI=1S/C11H22O3/c1-9(2)6-7-13-8-10(12)14-11(3,4)5/h9H,6-8H2,1-5H3. The Labute approximate surface area is 86.8 Å². The molecule has 3 nitrogen and oxygen atoms in total. The summed E-state index contributed by atoms with van der Waals surface area (Å²) in [6, 6.07) is 0. The van der Waals surface area contributed by atoms with Crippen molar-refractivity contribution in [1.82, 2.24) is 0 Å². The summed E-state index contributed by atoms with van der Waals surface area (Å²) in [7, 11) is 0. The lowest BCUT2D eigenvalue weighted by atomic mass is 10.1. The number of carbonyl (C=O) groups is 1. The third-order valence-electron chi connectivity index (χ3n) is 1.48. The minimum absolute atomic E-state index is 0.0595. The molecule has 0 aliphatic carbocycles. The summed E-state index contributed by atoms with van der Waals surface area (Å²) in [5.41, 5.74) is -0.418. The van der Waals surface area contributed by atoms with E-state index in [1.807, 2.05) is 20.8 Å². The van der Waals surface area contributed by atoms with Crippen molar-refractivity contribution in [1.29, 1.82) is 0 Å². The SMILES string of the molecule is CC(C)CCOCC(=O)OC(C)(C)C. The van der Waals surface area contributed by atoms with Gasteiger partial charge in [-0.05, 0) is 33.1 Å². The fourth-order valence-corrected chi connectivity index (χ4v) is 0.846. The third kappa shape index (κ3) is 9.52. The van der Waals surface area contributed by atoms with Crippen LogP contribution in [0.1, 0.15) is 41.0 Å². The second kappa shape index (κ2) is 6.02. The van der Waals surface area contributed by atoms with E-state index in [0.717, 1.165) is 6.42 Å². The number of carbonyl (C=O) groups excluding carboxylic acids is 1. The van der Waals surface area contributed by atoms with Crippen molar-refractivity contribution in [3.63, 3.8) is 0 Å². The third-order valence-corrected chi connectivity index (χ3v) is 1.48. The van der Waals surface area contributed by atoms with E-state index in [1.165, 1.54) is 0 Å². The fraction of sp³-hybridized carbons (Fsp3) is 0.909. The first-order chi connectivity index (χ1) is 6.31. The monoisotopic (exact) mass is 202 g/mol. The van der Waals surface area contributed by atoms with Crippen LogP contribution in [0.2, 0.25) is 0 Å². The Bertz CT molecular complexity index is 168. The highest BCUT2D eigenvalue weighted by molar-refractivity contribution is 5.71. The molecule has 84 valence electrons. The van der Waals surface area contributed by atoms with Crippen molar-refractivity contribution >= 4 is 5.97 Å². The lowest BCUT2D eigenvalue weighted by Gasteiger charge is -2.19. The van der Waals surface area contributed by atoms with Gasteiger partial charge in [-0.25, -0.2) is 4.79 Å². The Morgan fingerprint density at radius 3 is 2.29 bits per heavy atom. The molecule has 0 aromatic carbocycles. The molecule has 0 aromatic heterocycles. The number of ether oxygens (including phenoxy) is 2. The van der Waals surface area contributed by atoms with Crippen LogP contribution in [-0.4, -0.2) is 24.8 Å². The predicted molar refractivity (Wildman–Crippen MR) is 56.1 cm³/mol. The van der Waals surface area contributed by atoms with Gasteiger partial charge in [0.15, 0.2) is 0 Å². The zero-order chi connectivity index (χ0) is 11.2. The van der Waals surface area contributed by atoms with Crippen molar-refractivity contribution in [3.8, 4) is 0 Å². The molecule has 0 saturated carbocycles. The van der Waals surface area contributed by atoms with Crippen LogP contribution in [0.5, 0.6) is 0 Å². The van der Waals surface area contributed by atoms with Crippen molar-refractivity contribution in [3.05, 3.63) is 0 Å². The van der Waals surface area contributed by atoms with Crippen molar-refractivity contribution in [2.45, 2.75) is 46.6 Å². The van der Waals surface area contributed by atoms with E-state index in [1.54, 1.807) is 0 Å². The molecule has 0 amide bonds. The van der Waals surface area contributed by atoms with Gasteiger partial charge in [-0.2, -0.15) is 0 Å². The van der Waals surface area contributed by atoms with Crippen molar-refractivity contribution < 1.29 is 14.3 Å². The molecule has 0 aliphatic heterocycles. The van der Waals surface area contributed by atoms with E-state index in [-0.39, 0.29) is 12.6 Å². The minimum atomic E-state index is -0.418. The van der Waals surface area contributed by atoms with Gasteiger partial charge in [0.05, 0.1) is 0 Å². The highest BCUT2D eigenvalue weighted by Gasteiger charge is 2.15. The molecule has 0 N–H and O–H groups in total. The molecule has 0 bridgehead atoms. The summed E-state index contributed by atoms with van der Waals surface area (Å²) in [4.78, 5) is 11.2. The van der Waals surface area contributed by atoms with Crippen LogP contribution in [0.4, 0.5) is 0 Å². The van der Waals surface area contributed by atoms with Gasteiger partial charge in [0, 0.05) is 6.61 Å². The van der Waals surface area contributed by atoms with Gasteiger partial charge < -0.3 is 9.47 Å². The summed E-state index contributed by atoms with van der Waals surface area (Å²) in [6.07, 6.45) is 0.975. The smallest absolute Gasteiger partial charge is 0.332 e. The van der Waals surface area contributed by atoms with E-state index >= 15 is 0 Å². The molecule has 0 fully saturated rings. The van der Waals surface area contributed by atoms with Crippen LogP contribution >= 0.6 is 0 Å². The van der Waals surface area contributed by atoms with Crippen LogP contribution in [-0.2, 0) is 14.3 Å². The van der Waals surface area contributed by atoms with E-state index in [2.05, 4.69) is 13.8 Å². The topological polar surface area (TPSA) is 35.5 Å². The van der Waals surface area contributed by atoms with Gasteiger partial charge in [0.2, 0.25) is 0 Å². The van der Waals surface area contributed by atoms with Crippen LogP contribution in [0.15, 0.2) is 0 Å². The van der Waals surface area contributed by atoms with Crippen LogP contribution in [0.25, 0.3) is 0 Å². The summed E-state index contributed by atoms with van der Waals surface area (Å²) in [5.74, 6) is 0.315. The average Bonchev–Trinajstić information content (AvgIpc) is 1.94. The predicted octanol–water partition coefficient (Wildman–Crippen LogP) is 2.39. The summed E-state index contributed by atoms with van der Waals surface area (Å²) in [6.45, 7) is 10.5. The molecule has 0 heterocycles. The molecule has 0 aliphatic rings. The summed E-state index contributed by atoms with van der Waals surface area (Å²) < 4.78 is 10.3. The molecular formula is C11H22O3. The van der Waals surface area contributed by atoms with Gasteiger partial charge in [-0.3, -0.25) is 0 Å². The van der Waals surface area contributed by atoms with Crippen molar-refractivity contribution in [2.24, 2.45) is 5.92 Å². The minimum Gasteiger partial charge on any atom is -0.458 e. The molecule has 14 heavy (non-hydrogen) atoms. The van der Waals surface area contributed by atoms with Gasteiger partial charge in [-0.15, -0.1) is 0 Å². The van der Waals surface area contributed by atoms with Crippen molar-refractivity contribution in [2.75, 3.05) is 13.2 Å². The Kier molecular flexibility index (Phi) is 5.77. The van der Waals surface area contributed by atoms with Crippen LogP contribution in [0, 0.1) is 5.92 Å². The maximum Gasteiger partial charge on any atom is 0.332 e. The van der Waals surface area contributed by atoms with Gasteiger partial charge in [0.25, 0.3) is 0 Å². The van der Waals surface area contributed by atoms with E-state index in [0.29, 0.717) is 12.5 Å². The fourth-order valence-electron chi connectivity index (χ4n) is 0.846. The highest BCUT2D eigenvalue weighted by Crippen LogP contribution is 2.07. The van der Waals surface area contributed by atoms with E-state index < -0.39 is 5.60 Å². The Morgan fingerprint density at radius 2 is 1.86 bits per heavy atom. The lowest BCUT2D eigenvalue weighted by Crippen LogP contribution is -2.26. The zero-order valence-electron chi connectivity index (χ0n) is 9.92. The van der Waals surface area contributed by atoms with Gasteiger partial charge in [-0.1, -0.05) is 13.8 Å². The average molecular weight is 202 g/mol. The molecular weight excluding hydrogens is 180 g/mol. The normalized spacial score (nSPS) is 11.9. The quantitative estimate of drug-likeness (QED) is 0.507. The summed E-state index contributed by atoms with van der Waals surface area (Å²) >= 11 is 0. The Balaban J connectivity index is 3.46. The molecule has 3 heteroatoms. The molecule has 0 spiro atoms. The van der Waals surface area contributed by atoms with Crippen LogP contribution < -0.4 is 0 Å². The molecule has 0 radical (unpaired) electrons. The molecule has 0 rings (SSSR count). The zero-order valence-corrected chi connectivity index (χ0v) is 9.92. The second-order valence-corrected chi connectivity index (χ2v) is 4.82. The molecule has 0 aromatic rings. The first-order valence-electron chi connectivity index (χ1n) is 5.11. The van der Waals surface area contributed by atoms with E-state index in [9.17, 15) is 4.79 Å². The molecule has 0 unspecified atom stereocenters. The first-order valence-corrected chi connectivity index (χ1v) is 5.11. The van der Waals surface area contributed by atoms with Crippen LogP contribution in [0.3, 0.4) is 0 Å². The van der Waals surface area contributed by atoms with Gasteiger partial charge in [0.1, 0.15) is 12.2 Å². The number of rotatable bonds is 5. The Morgan fingerprint density at radius 1 is 1.29 bits per heavy atom. The van der Waals surface area contributed by atoms with E-state index in [4.69, 9.17) is 9.47 Å². The molecule has 0 saturated heterocycles. The summed E-state index contributed by atoms with van der Waals surface area (Å²) in [5, 5.41) is 0. The number of esters is 1. The number of hydrogen-bond acceptors (Lipinski definition) is 3. The molecule has 0 atom stereocenters.